The standard InChI is InChI=1S/C12H16N2O2/c1-8-7-9(16-2)3-4-11(8)14-6-5-10(13)12(14)15/h3-4,7,10H,5-6,13H2,1-2H3. The maximum absolute atomic E-state index is 11.8. The topological polar surface area (TPSA) is 55.6 Å². The van der Waals surface area contributed by atoms with E-state index in [4.69, 9.17) is 10.5 Å². The molecule has 0 spiro atoms. The van der Waals surface area contributed by atoms with E-state index in [1.807, 2.05) is 25.1 Å². The summed E-state index contributed by atoms with van der Waals surface area (Å²) < 4.78 is 5.13. The van der Waals surface area contributed by atoms with Crippen LogP contribution >= 0.6 is 0 Å². The molecule has 1 saturated heterocycles. The van der Waals surface area contributed by atoms with Gasteiger partial charge in [-0.1, -0.05) is 0 Å². The Morgan fingerprint density at radius 2 is 2.25 bits per heavy atom. The van der Waals surface area contributed by atoms with Crippen molar-refractivity contribution in [2.24, 2.45) is 5.73 Å². The summed E-state index contributed by atoms with van der Waals surface area (Å²) in [6.45, 7) is 2.67. The molecule has 1 aliphatic rings. The van der Waals surface area contributed by atoms with Crippen LogP contribution in [0.15, 0.2) is 18.2 Å². The number of nitrogens with two attached hydrogens (primary N) is 1. The van der Waals surface area contributed by atoms with Crippen molar-refractivity contribution in [2.45, 2.75) is 19.4 Å². The van der Waals surface area contributed by atoms with Gasteiger partial charge in [0.05, 0.1) is 13.2 Å². The van der Waals surface area contributed by atoms with Crippen molar-refractivity contribution in [1.29, 1.82) is 0 Å². The Bertz CT molecular complexity index is 417. The van der Waals surface area contributed by atoms with E-state index in [9.17, 15) is 4.79 Å². The second kappa shape index (κ2) is 4.14. The molecule has 0 aliphatic carbocycles. The summed E-state index contributed by atoms with van der Waals surface area (Å²) in [5.41, 5.74) is 7.66. The molecule has 1 atom stereocenters. The molecule has 16 heavy (non-hydrogen) atoms. The van der Waals surface area contributed by atoms with Gasteiger partial charge in [-0.2, -0.15) is 0 Å². The van der Waals surface area contributed by atoms with Crippen LogP contribution in [-0.4, -0.2) is 25.6 Å². The highest BCUT2D eigenvalue weighted by molar-refractivity contribution is 5.99. The number of amides is 1. The highest BCUT2D eigenvalue weighted by Gasteiger charge is 2.30. The van der Waals surface area contributed by atoms with Crippen LogP contribution in [0.5, 0.6) is 5.75 Å². The summed E-state index contributed by atoms with van der Waals surface area (Å²) in [5, 5.41) is 0. The lowest BCUT2D eigenvalue weighted by atomic mass is 10.1. The SMILES string of the molecule is COc1ccc(N2CCC(N)C2=O)c(C)c1. The Hall–Kier alpha value is -1.55. The van der Waals surface area contributed by atoms with Gasteiger partial charge in [0.1, 0.15) is 5.75 Å². The summed E-state index contributed by atoms with van der Waals surface area (Å²) in [4.78, 5) is 13.5. The van der Waals surface area contributed by atoms with E-state index >= 15 is 0 Å². The minimum absolute atomic E-state index is 0.00765. The molecule has 0 saturated carbocycles. The van der Waals surface area contributed by atoms with Crippen LogP contribution in [0.3, 0.4) is 0 Å². The quantitative estimate of drug-likeness (QED) is 0.811. The first-order valence-electron chi connectivity index (χ1n) is 5.35. The Morgan fingerprint density at radius 3 is 2.75 bits per heavy atom. The number of hydrogen-bond acceptors (Lipinski definition) is 3. The molecule has 4 nitrogen and oxygen atoms in total. The van der Waals surface area contributed by atoms with Crippen LogP contribution in [-0.2, 0) is 4.79 Å². The van der Waals surface area contributed by atoms with Gasteiger partial charge in [-0.15, -0.1) is 0 Å². The first-order valence-corrected chi connectivity index (χ1v) is 5.35. The summed E-state index contributed by atoms with van der Waals surface area (Å²) in [6, 6.07) is 5.34. The van der Waals surface area contributed by atoms with Gasteiger partial charge in [-0.3, -0.25) is 4.79 Å². The number of methoxy groups -OCH3 is 1. The Labute approximate surface area is 95.0 Å². The van der Waals surface area contributed by atoms with Gasteiger partial charge < -0.3 is 15.4 Å². The average Bonchev–Trinajstić information content (AvgIpc) is 2.60. The zero-order valence-corrected chi connectivity index (χ0v) is 9.56. The molecule has 1 amide bonds. The first kappa shape index (κ1) is 11.0. The van der Waals surface area contributed by atoms with Crippen molar-refractivity contribution in [2.75, 3.05) is 18.6 Å². The fraction of sp³-hybridized carbons (Fsp3) is 0.417. The van der Waals surface area contributed by atoms with Crippen molar-refractivity contribution in [1.82, 2.24) is 0 Å². The van der Waals surface area contributed by atoms with E-state index < -0.39 is 0 Å². The zero-order chi connectivity index (χ0) is 11.7. The molecule has 4 heteroatoms. The number of ether oxygens (including phenoxy) is 1. The monoisotopic (exact) mass is 220 g/mol. The Kier molecular flexibility index (Phi) is 2.83. The molecule has 2 rings (SSSR count). The molecule has 1 aliphatic heterocycles. The highest BCUT2D eigenvalue weighted by atomic mass is 16.5. The number of rotatable bonds is 2. The molecule has 1 aromatic carbocycles. The number of carbonyl (C=O) groups is 1. The van der Waals surface area contributed by atoms with Crippen LogP contribution in [0.4, 0.5) is 5.69 Å². The second-order valence-electron chi connectivity index (χ2n) is 4.04. The maximum Gasteiger partial charge on any atom is 0.243 e. The van der Waals surface area contributed by atoms with Crippen LogP contribution in [0.25, 0.3) is 0 Å². The third-order valence-corrected chi connectivity index (χ3v) is 2.94. The Balaban J connectivity index is 2.31. The van der Waals surface area contributed by atoms with E-state index in [0.29, 0.717) is 6.54 Å². The Morgan fingerprint density at radius 1 is 1.50 bits per heavy atom. The minimum atomic E-state index is -0.346. The molecule has 1 aromatic rings. The van der Waals surface area contributed by atoms with Gasteiger partial charge in [-0.25, -0.2) is 0 Å². The van der Waals surface area contributed by atoms with Crippen molar-refractivity contribution in [3.05, 3.63) is 23.8 Å². The summed E-state index contributed by atoms with van der Waals surface area (Å²) in [5.74, 6) is 0.811. The predicted molar refractivity (Wildman–Crippen MR) is 62.7 cm³/mol. The van der Waals surface area contributed by atoms with E-state index in [1.165, 1.54) is 0 Å². The predicted octanol–water partition coefficient (Wildman–Crippen LogP) is 1.07. The van der Waals surface area contributed by atoms with Gasteiger partial charge >= 0.3 is 0 Å². The normalized spacial score (nSPS) is 20.3. The van der Waals surface area contributed by atoms with Crippen molar-refractivity contribution in [3.8, 4) is 5.75 Å². The number of anilines is 1. The highest BCUT2D eigenvalue weighted by Crippen LogP contribution is 2.27. The van der Waals surface area contributed by atoms with E-state index in [0.717, 1.165) is 23.4 Å². The molecule has 86 valence electrons. The van der Waals surface area contributed by atoms with E-state index in [1.54, 1.807) is 12.0 Å². The van der Waals surface area contributed by atoms with Crippen molar-refractivity contribution in [3.63, 3.8) is 0 Å². The summed E-state index contributed by atoms with van der Waals surface area (Å²) in [7, 11) is 1.63. The molecule has 2 N–H and O–H groups in total. The van der Waals surface area contributed by atoms with Crippen molar-refractivity contribution < 1.29 is 9.53 Å². The van der Waals surface area contributed by atoms with Crippen LogP contribution in [0, 0.1) is 6.92 Å². The second-order valence-corrected chi connectivity index (χ2v) is 4.04. The number of hydrogen-bond donors (Lipinski definition) is 1. The van der Waals surface area contributed by atoms with E-state index in [-0.39, 0.29) is 11.9 Å². The number of nitrogens with zero attached hydrogens (tertiary/aromatic N) is 1. The number of benzene rings is 1. The third-order valence-electron chi connectivity index (χ3n) is 2.94. The van der Waals surface area contributed by atoms with Crippen LogP contribution in [0.2, 0.25) is 0 Å². The molecule has 1 heterocycles. The number of aryl methyl sites for hydroxylation is 1. The fourth-order valence-electron chi connectivity index (χ4n) is 2.00. The third kappa shape index (κ3) is 1.76. The molecule has 0 bridgehead atoms. The average molecular weight is 220 g/mol. The summed E-state index contributed by atoms with van der Waals surface area (Å²) >= 11 is 0. The molecule has 1 unspecified atom stereocenters. The largest absolute Gasteiger partial charge is 0.497 e. The molecular weight excluding hydrogens is 204 g/mol. The lowest BCUT2D eigenvalue weighted by Crippen LogP contribution is -2.34. The van der Waals surface area contributed by atoms with Crippen LogP contribution in [0.1, 0.15) is 12.0 Å². The minimum Gasteiger partial charge on any atom is -0.497 e. The fourth-order valence-corrected chi connectivity index (χ4v) is 2.00. The van der Waals surface area contributed by atoms with Crippen molar-refractivity contribution >= 4 is 11.6 Å². The van der Waals surface area contributed by atoms with Gasteiger partial charge in [-0.05, 0) is 37.1 Å². The number of carbonyl (C=O) groups excluding carboxylic acids is 1. The van der Waals surface area contributed by atoms with Gasteiger partial charge in [0, 0.05) is 12.2 Å². The molecular formula is C12H16N2O2. The van der Waals surface area contributed by atoms with Crippen LogP contribution < -0.4 is 15.4 Å². The zero-order valence-electron chi connectivity index (χ0n) is 9.56. The van der Waals surface area contributed by atoms with E-state index in [2.05, 4.69) is 0 Å². The lowest BCUT2D eigenvalue weighted by Gasteiger charge is -2.19. The van der Waals surface area contributed by atoms with Gasteiger partial charge in [0.15, 0.2) is 0 Å². The smallest absolute Gasteiger partial charge is 0.243 e. The molecule has 1 fully saturated rings. The maximum atomic E-state index is 11.8. The molecule has 0 radical (unpaired) electrons. The summed E-state index contributed by atoms with van der Waals surface area (Å²) in [6.07, 6.45) is 0.726. The lowest BCUT2D eigenvalue weighted by molar-refractivity contribution is -0.118. The van der Waals surface area contributed by atoms with Gasteiger partial charge in [0.25, 0.3) is 0 Å². The first-order chi connectivity index (χ1) is 7.63. The molecule has 0 aromatic heterocycles. The van der Waals surface area contributed by atoms with Gasteiger partial charge in [0.2, 0.25) is 5.91 Å².